The smallest absolute Gasteiger partial charge is 0.307 e. The molecule has 110 valence electrons. The Balaban J connectivity index is 1.92. The second kappa shape index (κ2) is 4.01. The summed E-state index contributed by atoms with van der Waals surface area (Å²) in [5.41, 5.74) is 1.59. The van der Waals surface area contributed by atoms with Gasteiger partial charge in [0.2, 0.25) is 0 Å². The molecule has 1 aromatic heterocycles. The Morgan fingerprint density at radius 1 is 1.43 bits per heavy atom. The molecule has 1 heterocycles. The molecule has 0 amide bonds. The van der Waals surface area contributed by atoms with Gasteiger partial charge < -0.3 is 9.67 Å². The molecule has 1 N–H and O–H groups in total. The van der Waals surface area contributed by atoms with Crippen LogP contribution in [-0.4, -0.2) is 20.6 Å². The topological polar surface area (TPSA) is 55.1 Å². The van der Waals surface area contributed by atoms with Crippen LogP contribution in [0.5, 0.6) is 0 Å². The fourth-order valence-corrected chi connectivity index (χ4v) is 3.89. The maximum Gasteiger partial charge on any atom is 0.307 e. The molecule has 0 radical (unpaired) electrons. The molecule has 0 bridgehead atoms. The van der Waals surface area contributed by atoms with Crippen molar-refractivity contribution < 1.29 is 9.90 Å². The number of hydrogen-bond donors (Lipinski definition) is 1. The van der Waals surface area contributed by atoms with Crippen LogP contribution in [0.4, 0.5) is 0 Å². The number of aliphatic carboxylic acids is 1. The Bertz CT molecular complexity index is 761. The van der Waals surface area contributed by atoms with Crippen molar-refractivity contribution in [3.8, 4) is 0 Å². The van der Waals surface area contributed by atoms with Gasteiger partial charge in [0.1, 0.15) is 5.82 Å². The predicted octanol–water partition coefficient (Wildman–Crippen LogP) is 3.85. The summed E-state index contributed by atoms with van der Waals surface area (Å²) in [5, 5.41) is 10.1. The Morgan fingerprint density at radius 2 is 2.14 bits per heavy atom. The van der Waals surface area contributed by atoms with Crippen LogP contribution in [0.2, 0.25) is 5.02 Å². The van der Waals surface area contributed by atoms with E-state index in [1.54, 1.807) is 0 Å². The van der Waals surface area contributed by atoms with Gasteiger partial charge in [-0.15, -0.1) is 0 Å². The molecule has 2 atom stereocenters. The van der Waals surface area contributed by atoms with E-state index in [1.165, 1.54) is 0 Å². The lowest BCUT2D eigenvalue weighted by molar-refractivity contribution is -0.139. The number of rotatable bonds is 3. The lowest BCUT2D eigenvalue weighted by Crippen LogP contribution is -2.05. The molecule has 5 heteroatoms. The van der Waals surface area contributed by atoms with Gasteiger partial charge in [-0.1, -0.05) is 31.5 Å². The lowest BCUT2D eigenvalue weighted by atomic mass is 10.1. The zero-order chi connectivity index (χ0) is 14.9. The Labute approximate surface area is 127 Å². The van der Waals surface area contributed by atoms with Crippen LogP contribution < -0.4 is 0 Å². The van der Waals surface area contributed by atoms with Gasteiger partial charge in [0.25, 0.3) is 0 Å². The highest BCUT2D eigenvalue weighted by Gasteiger charge is 2.65. The second-order valence-electron chi connectivity index (χ2n) is 6.79. The second-order valence-corrected chi connectivity index (χ2v) is 7.20. The summed E-state index contributed by atoms with van der Waals surface area (Å²) in [6, 6.07) is 6.15. The van der Waals surface area contributed by atoms with Crippen LogP contribution >= 0.6 is 11.6 Å². The Kier molecular flexibility index (Phi) is 2.51. The van der Waals surface area contributed by atoms with Crippen LogP contribution in [0.25, 0.3) is 11.0 Å². The Morgan fingerprint density at radius 3 is 2.71 bits per heavy atom. The van der Waals surface area contributed by atoms with Crippen molar-refractivity contribution in [2.24, 2.45) is 11.3 Å². The predicted molar refractivity (Wildman–Crippen MR) is 80.7 cm³/mol. The number of carboxylic acids is 1. The zero-order valence-corrected chi connectivity index (χ0v) is 12.8. The summed E-state index contributed by atoms with van der Waals surface area (Å²) in [5.74, 6) is -0.215. The largest absolute Gasteiger partial charge is 0.481 e. The highest BCUT2D eigenvalue weighted by Crippen LogP contribution is 2.65. The number of hydrogen-bond acceptors (Lipinski definition) is 2. The van der Waals surface area contributed by atoms with Crippen LogP contribution in [0.15, 0.2) is 18.2 Å². The summed E-state index contributed by atoms with van der Waals surface area (Å²) in [4.78, 5) is 16.2. The molecule has 2 aromatic rings. The van der Waals surface area contributed by atoms with Crippen molar-refractivity contribution in [1.82, 2.24) is 9.55 Å². The van der Waals surface area contributed by atoms with E-state index in [0.29, 0.717) is 11.1 Å². The van der Waals surface area contributed by atoms with E-state index in [0.717, 1.165) is 29.7 Å². The number of fused-ring (bicyclic) bond motifs is 1. The van der Waals surface area contributed by atoms with Gasteiger partial charge in [-0.3, -0.25) is 4.79 Å². The van der Waals surface area contributed by atoms with Gasteiger partial charge in [0, 0.05) is 12.0 Å². The number of carboxylic acid groups (broad SMARTS) is 1. The molecule has 4 rings (SSSR count). The molecule has 0 spiro atoms. The molecule has 0 saturated heterocycles. The van der Waals surface area contributed by atoms with E-state index in [1.807, 2.05) is 32.0 Å². The first-order valence-electron chi connectivity index (χ1n) is 7.32. The third kappa shape index (κ3) is 1.75. The molecular weight excluding hydrogens is 288 g/mol. The van der Waals surface area contributed by atoms with E-state index >= 15 is 0 Å². The first-order valence-corrected chi connectivity index (χ1v) is 7.70. The molecule has 2 fully saturated rings. The van der Waals surface area contributed by atoms with Gasteiger partial charge >= 0.3 is 5.97 Å². The first kappa shape index (κ1) is 13.1. The number of nitrogens with zero attached hydrogens (tertiary/aromatic N) is 2. The van der Waals surface area contributed by atoms with Crippen LogP contribution in [0, 0.1) is 11.3 Å². The van der Waals surface area contributed by atoms with Crippen LogP contribution in [-0.2, 0) is 4.79 Å². The molecule has 1 aromatic carbocycles. The fourth-order valence-electron chi connectivity index (χ4n) is 3.63. The number of aromatic nitrogens is 2. The summed E-state index contributed by atoms with van der Waals surface area (Å²) in [7, 11) is 0. The molecule has 21 heavy (non-hydrogen) atoms. The van der Waals surface area contributed by atoms with E-state index in [2.05, 4.69) is 4.57 Å². The fraction of sp³-hybridized carbons (Fsp3) is 0.500. The summed E-state index contributed by atoms with van der Waals surface area (Å²) in [6.45, 7) is 4.02. The number of para-hydroxylation sites is 1. The minimum Gasteiger partial charge on any atom is -0.481 e. The van der Waals surface area contributed by atoms with Crippen molar-refractivity contribution in [3.05, 3.63) is 29.0 Å². The summed E-state index contributed by atoms with van der Waals surface area (Å²) < 4.78 is 2.20. The van der Waals surface area contributed by atoms with Crippen molar-refractivity contribution in [2.75, 3.05) is 0 Å². The van der Waals surface area contributed by atoms with Gasteiger partial charge in [-0.25, -0.2) is 4.98 Å². The standard InChI is InChI=1S/C16H17ClN2O2/c1-16(2)11(12(16)15(20)21)14-18-10-5-3-4-9(17)13(10)19(14)8-6-7-8/h3-5,8,11-12H,6-7H2,1-2H3,(H,20,21). The van der Waals surface area contributed by atoms with Crippen molar-refractivity contribution in [1.29, 1.82) is 0 Å². The van der Waals surface area contributed by atoms with E-state index < -0.39 is 5.97 Å². The molecule has 2 unspecified atom stereocenters. The van der Waals surface area contributed by atoms with Crippen LogP contribution in [0.3, 0.4) is 0 Å². The molecule has 2 saturated carbocycles. The number of carbonyl (C=O) groups is 1. The van der Waals surface area contributed by atoms with Gasteiger partial charge in [-0.05, 0) is 30.4 Å². The van der Waals surface area contributed by atoms with Crippen molar-refractivity contribution >= 4 is 28.6 Å². The molecular formula is C16H17ClN2O2. The number of halogens is 1. The average molecular weight is 305 g/mol. The third-order valence-electron chi connectivity index (χ3n) is 4.97. The summed E-state index contributed by atoms with van der Waals surface area (Å²) in [6.07, 6.45) is 2.24. The SMILES string of the molecule is CC1(C)C(C(=O)O)C1c1nc2cccc(Cl)c2n1C1CC1. The van der Waals surface area contributed by atoms with Gasteiger partial charge in [0.05, 0.1) is 22.0 Å². The highest BCUT2D eigenvalue weighted by molar-refractivity contribution is 6.35. The molecule has 4 nitrogen and oxygen atoms in total. The normalized spacial score (nSPS) is 27.0. The van der Waals surface area contributed by atoms with E-state index in [-0.39, 0.29) is 17.3 Å². The zero-order valence-electron chi connectivity index (χ0n) is 12.0. The molecule has 0 aliphatic heterocycles. The lowest BCUT2D eigenvalue weighted by Gasteiger charge is -2.09. The molecule has 2 aliphatic carbocycles. The first-order chi connectivity index (χ1) is 9.93. The van der Waals surface area contributed by atoms with Crippen molar-refractivity contribution in [2.45, 2.75) is 38.6 Å². The highest BCUT2D eigenvalue weighted by atomic mass is 35.5. The maximum atomic E-state index is 11.5. The minimum atomic E-state index is -0.731. The van der Waals surface area contributed by atoms with E-state index in [9.17, 15) is 9.90 Å². The quantitative estimate of drug-likeness (QED) is 0.937. The average Bonchev–Trinajstić information content (AvgIpc) is 3.27. The summed E-state index contributed by atoms with van der Waals surface area (Å²) >= 11 is 6.37. The van der Waals surface area contributed by atoms with Crippen LogP contribution in [0.1, 0.15) is 44.5 Å². The van der Waals surface area contributed by atoms with E-state index in [4.69, 9.17) is 16.6 Å². The van der Waals surface area contributed by atoms with Crippen molar-refractivity contribution in [3.63, 3.8) is 0 Å². The minimum absolute atomic E-state index is 0.0286. The molecule has 2 aliphatic rings. The number of imidazole rings is 1. The van der Waals surface area contributed by atoms with Gasteiger partial charge in [0.15, 0.2) is 0 Å². The maximum absolute atomic E-state index is 11.5. The monoisotopic (exact) mass is 304 g/mol. The number of benzene rings is 1. The Hall–Kier alpha value is -1.55. The third-order valence-corrected chi connectivity index (χ3v) is 5.28. The van der Waals surface area contributed by atoms with Gasteiger partial charge in [-0.2, -0.15) is 0 Å².